The second-order valence-corrected chi connectivity index (χ2v) is 12.6. The molecular weight excluding hydrogens is 319 g/mol. The van der Waals surface area contributed by atoms with Gasteiger partial charge >= 0.3 is 7.82 Å². The summed E-state index contributed by atoms with van der Waals surface area (Å²) < 4.78 is 21.6. The van der Waals surface area contributed by atoms with Crippen LogP contribution in [-0.2, 0) is 8.99 Å². The van der Waals surface area contributed by atoms with E-state index in [1.807, 2.05) is 6.08 Å². The van der Waals surface area contributed by atoms with Gasteiger partial charge in [0, 0.05) is 5.56 Å². The van der Waals surface area contributed by atoms with Crippen LogP contribution in [0.4, 0.5) is 0 Å². The second-order valence-electron chi connectivity index (χ2n) is 6.59. The van der Waals surface area contributed by atoms with Gasteiger partial charge in [-0.15, -0.1) is 0 Å². The first-order valence-corrected chi connectivity index (χ1v) is 11.5. The number of phosphoric ester groups is 1. The van der Waals surface area contributed by atoms with Crippen molar-refractivity contribution in [2.45, 2.75) is 38.9 Å². The summed E-state index contributed by atoms with van der Waals surface area (Å²) in [4.78, 5) is 17.8. The lowest BCUT2D eigenvalue weighted by molar-refractivity contribution is 0.283. The van der Waals surface area contributed by atoms with Crippen molar-refractivity contribution in [2.75, 3.05) is 6.61 Å². The van der Waals surface area contributed by atoms with Crippen molar-refractivity contribution in [1.82, 2.24) is 0 Å². The standard InChI is InChI=1S/C15H25O5PSi/c1-15(2,3)22(4,5)19-12-8-10-13-9-6-7-11-14(13)20-21(16,17)18/h6-11H,12H2,1-5H3,(H2,16,17,18). The lowest BCUT2D eigenvalue weighted by Gasteiger charge is -2.35. The average molecular weight is 344 g/mol. The van der Waals surface area contributed by atoms with Gasteiger partial charge in [-0.1, -0.05) is 51.1 Å². The van der Waals surface area contributed by atoms with E-state index in [1.165, 1.54) is 6.07 Å². The zero-order chi connectivity index (χ0) is 17.0. The molecule has 124 valence electrons. The fraction of sp³-hybridized carbons (Fsp3) is 0.467. The summed E-state index contributed by atoms with van der Waals surface area (Å²) in [5.41, 5.74) is 0.602. The first-order valence-electron chi connectivity index (χ1n) is 7.07. The molecule has 0 spiro atoms. The van der Waals surface area contributed by atoms with Gasteiger partial charge in [0.2, 0.25) is 0 Å². The maximum absolute atomic E-state index is 11.0. The van der Waals surface area contributed by atoms with Gasteiger partial charge in [-0.2, -0.15) is 0 Å². The van der Waals surface area contributed by atoms with Gasteiger partial charge in [-0.25, -0.2) is 4.57 Å². The molecule has 0 aromatic heterocycles. The third kappa shape index (κ3) is 6.06. The van der Waals surface area contributed by atoms with Crippen molar-refractivity contribution < 1.29 is 23.3 Å². The minimum atomic E-state index is -4.56. The number of para-hydroxylation sites is 1. The molecule has 0 saturated carbocycles. The summed E-state index contributed by atoms with van der Waals surface area (Å²) in [5, 5.41) is 0.141. The van der Waals surface area contributed by atoms with E-state index < -0.39 is 16.1 Å². The Bertz CT molecular complexity index is 572. The predicted molar refractivity (Wildman–Crippen MR) is 91.3 cm³/mol. The van der Waals surface area contributed by atoms with Gasteiger partial charge in [0.15, 0.2) is 8.32 Å². The van der Waals surface area contributed by atoms with Crippen molar-refractivity contribution >= 4 is 22.2 Å². The highest BCUT2D eigenvalue weighted by molar-refractivity contribution is 7.46. The van der Waals surface area contributed by atoms with Crippen LogP contribution in [0.1, 0.15) is 26.3 Å². The van der Waals surface area contributed by atoms with Crippen LogP contribution >= 0.6 is 7.82 Å². The maximum atomic E-state index is 11.0. The number of hydrogen-bond donors (Lipinski definition) is 2. The van der Waals surface area contributed by atoms with E-state index in [0.29, 0.717) is 12.2 Å². The third-order valence-electron chi connectivity index (χ3n) is 3.78. The van der Waals surface area contributed by atoms with Crippen molar-refractivity contribution in [2.24, 2.45) is 0 Å². The molecule has 22 heavy (non-hydrogen) atoms. The summed E-state index contributed by atoms with van der Waals surface area (Å²) in [6.45, 7) is 11.3. The molecule has 5 nitrogen and oxygen atoms in total. The van der Waals surface area contributed by atoms with Gasteiger partial charge in [-0.05, 0) is 24.2 Å². The monoisotopic (exact) mass is 344 g/mol. The molecular formula is C15H25O5PSi. The van der Waals surface area contributed by atoms with Crippen LogP contribution in [0.2, 0.25) is 18.1 Å². The largest absolute Gasteiger partial charge is 0.524 e. The molecule has 1 aromatic rings. The lowest BCUT2D eigenvalue weighted by atomic mass is 10.2. The third-order valence-corrected chi connectivity index (χ3v) is 8.72. The van der Waals surface area contributed by atoms with E-state index in [2.05, 4.69) is 38.4 Å². The predicted octanol–water partition coefficient (Wildman–Crippen LogP) is 4.19. The molecule has 0 heterocycles. The highest BCUT2D eigenvalue weighted by atomic mass is 31.2. The fourth-order valence-corrected chi connectivity index (χ4v) is 2.85. The van der Waals surface area contributed by atoms with E-state index in [1.54, 1.807) is 24.3 Å². The zero-order valence-electron chi connectivity index (χ0n) is 13.7. The smallest absolute Gasteiger partial charge is 0.413 e. The first-order chi connectivity index (χ1) is 9.92. The Morgan fingerprint density at radius 1 is 1.23 bits per heavy atom. The van der Waals surface area contributed by atoms with Crippen LogP contribution in [0.3, 0.4) is 0 Å². The summed E-state index contributed by atoms with van der Waals surface area (Å²) in [6, 6.07) is 6.69. The Morgan fingerprint density at radius 3 is 2.36 bits per heavy atom. The summed E-state index contributed by atoms with van der Waals surface area (Å²) >= 11 is 0. The summed E-state index contributed by atoms with van der Waals surface area (Å²) in [7, 11) is -6.36. The Morgan fingerprint density at radius 2 is 1.82 bits per heavy atom. The summed E-state index contributed by atoms with van der Waals surface area (Å²) in [5.74, 6) is 0.152. The molecule has 7 heteroatoms. The van der Waals surface area contributed by atoms with Crippen LogP contribution in [0.15, 0.2) is 30.3 Å². The molecule has 0 aliphatic rings. The van der Waals surface area contributed by atoms with E-state index in [0.717, 1.165) is 0 Å². The van der Waals surface area contributed by atoms with Crippen molar-refractivity contribution in [3.8, 4) is 5.75 Å². The molecule has 0 aliphatic carbocycles. The van der Waals surface area contributed by atoms with Crippen LogP contribution in [-0.4, -0.2) is 24.7 Å². The first kappa shape index (κ1) is 19.1. The zero-order valence-corrected chi connectivity index (χ0v) is 15.6. The minimum absolute atomic E-state index is 0.141. The number of rotatable bonds is 6. The molecule has 0 bridgehead atoms. The molecule has 1 aromatic carbocycles. The van der Waals surface area contributed by atoms with Gasteiger partial charge in [-0.3, -0.25) is 9.79 Å². The molecule has 0 fully saturated rings. The molecule has 0 saturated heterocycles. The molecule has 2 N–H and O–H groups in total. The van der Waals surface area contributed by atoms with Crippen LogP contribution < -0.4 is 4.52 Å². The van der Waals surface area contributed by atoms with E-state index in [-0.39, 0.29) is 10.8 Å². The molecule has 1 rings (SSSR count). The minimum Gasteiger partial charge on any atom is -0.413 e. The molecule has 0 unspecified atom stereocenters. The maximum Gasteiger partial charge on any atom is 0.524 e. The average Bonchev–Trinajstić information content (AvgIpc) is 2.33. The highest BCUT2D eigenvalue weighted by Gasteiger charge is 2.36. The topological polar surface area (TPSA) is 76.0 Å². The highest BCUT2D eigenvalue weighted by Crippen LogP contribution is 2.39. The molecule has 0 radical (unpaired) electrons. The van der Waals surface area contributed by atoms with E-state index in [9.17, 15) is 4.57 Å². The Labute approximate surface area is 133 Å². The van der Waals surface area contributed by atoms with Crippen molar-refractivity contribution in [3.05, 3.63) is 35.9 Å². The van der Waals surface area contributed by atoms with Gasteiger partial charge in [0.1, 0.15) is 5.75 Å². The van der Waals surface area contributed by atoms with Crippen molar-refractivity contribution in [3.63, 3.8) is 0 Å². The Hall–Kier alpha value is -0.913. The number of benzene rings is 1. The molecule has 0 amide bonds. The Kier molecular flexibility index (Phi) is 6.18. The quantitative estimate of drug-likeness (QED) is 0.598. The molecule has 0 aliphatic heterocycles. The molecule has 0 atom stereocenters. The van der Waals surface area contributed by atoms with Crippen molar-refractivity contribution in [1.29, 1.82) is 0 Å². The van der Waals surface area contributed by atoms with E-state index in [4.69, 9.17) is 14.2 Å². The lowest BCUT2D eigenvalue weighted by Crippen LogP contribution is -2.40. The summed E-state index contributed by atoms with van der Waals surface area (Å²) in [6.07, 6.45) is 3.58. The van der Waals surface area contributed by atoms with Crippen LogP contribution in [0.25, 0.3) is 6.08 Å². The normalized spacial score (nSPS) is 13.6. The van der Waals surface area contributed by atoms with Gasteiger partial charge in [0.05, 0.1) is 6.61 Å². The second kappa shape index (κ2) is 7.11. The van der Waals surface area contributed by atoms with Crippen LogP contribution in [0.5, 0.6) is 5.75 Å². The van der Waals surface area contributed by atoms with Crippen LogP contribution in [0, 0.1) is 0 Å². The Balaban J connectivity index is 2.74. The number of phosphoric acid groups is 1. The van der Waals surface area contributed by atoms with E-state index >= 15 is 0 Å². The fourth-order valence-electron chi connectivity index (χ4n) is 1.48. The number of hydrogen-bond acceptors (Lipinski definition) is 3. The van der Waals surface area contributed by atoms with Gasteiger partial charge < -0.3 is 8.95 Å². The van der Waals surface area contributed by atoms with Gasteiger partial charge in [0.25, 0.3) is 0 Å². The SMILES string of the molecule is CC(C)(C)[Si](C)(C)OCC=Cc1ccccc1OP(=O)(O)O.